The second-order valence-corrected chi connectivity index (χ2v) is 8.06. The summed E-state index contributed by atoms with van der Waals surface area (Å²) in [5, 5.41) is 1.12. The van der Waals surface area contributed by atoms with Crippen LogP contribution in [0.1, 0.15) is 16.1 Å². The van der Waals surface area contributed by atoms with Gasteiger partial charge in [-0.2, -0.15) is 0 Å². The Morgan fingerprint density at radius 1 is 0.800 bits per heavy atom. The average molecular weight is 390 g/mol. The molecule has 25 heavy (non-hydrogen) atoms. The second kappa shape index (κ2) is 7.10. The van der Waals surface area contributed by atoms with Crippen molar-refractivity contribution in [3.63, 3.8) is 0 Å². The van der Waals surface area contributed by atoms with E-state index in [0.717, 1.165) is 21.1 Å². The molecule has 4 rings (SSSR count). The number of rotatable bonds is 5. The van der Waals surface area contributed by atoms with Gasteiger partial charge in [-0.25, -0.2) is 0 Å². The first kappa shape index (κ1) is 15.9. The van der Waals surface area contributed by atoms with Gasteiger partial charge in [0.15, 0.2) is 0 Å². The maximum atomic E-state index is 13.0. The fraction of sp³-hybridized carbons (Fsp3) is 0.0455. The van der Waals surface area contributed by atoms with E-state index in [4.69, 9.17) is 0 Å². The molecule has 0 atom stereocenters. The molecule has 0 aliphatic heterocycles. The van der Waals surface area contributed by atoms with Crippen LogP contribution in [0, 0.1) is 0 Å². The SMILES string of the molecule is O=C([Se]c1ccccc1)c1cc2ccccc2n1Cc1ccccc1. The third kappa shape index (κ3) is 3.43. The fourth-order valence-corrected chi connectivity index (χ4v) is 4.60. The minimum absolute atomic E-state index is 0.214. The molecule has 0 radical (unpaired) electrons. The summed E-state index contributed by atoms with van der Waals surface area (Å²) in [6.45, 7) is 0.709. The summed E-state index contributed by atoms with van der Waals surface area (Å²) < 4.78 is 3.47. The molecule has 3 aromatic carbocycles. The first-order valence-electron chi connectivity index (χ1n) is 8.21. The molecule has 0 bridgehead atoms. The zero-order valence-corrected chi connectivity index (χ0v) is 15.3. The van der Waals surface area contributed by atoms with E-state index in [0.29, 0.717) is 6.54 Å². The normalized spacial score (nSPS) is 10.9. The number of para-hydroxylation sites is 1. The minimum atomic E-state index is -0.218. The number of hydrogen-bond acceptors (Lipinski definition) is 1. The van der Waals surface area contributed by atoms with Crippen molar-refractivity contribution in [1.29, 1.82) is 0 Å². The second-order valence-electron chi connectivity index (χ2n) is 5.86. The summed E-state index contributed by atoms with van der Waals surface area (Å²) in [5.74, 6) is 0. The predicted octanol–water partition coefficient (Wildman–Crippen LogP) is 3.86. The molecule has 0 aliphatic rings. The Morgan fingerprint density at radius 2 is 1.44 bits per heavy atom. The van der Waals surface area contributed by atoms with E-state index in [2.05, 4.69) is 28.8 Å². The van der Waals surface area contributed by atoms with Crippen LogP contribution in [-0.2, 0) is 6.54 Å². The van der Waals surface area contributed by atoms with Gasteiger partial charge in [0.25, 0.3) is 0 Å². The predicted molar refractivity (Wildman–Crippen MR) is 104 cm³/mol. The molecule has 0 spiro atoms. The fourth-order valence-electron chi connectivity index (χ4n) is 2.96. The van der Waals surface area contributed by atoms with Gasteiger partial charge in [0, 0.05) is 0 Å². The zero-order valence-electron chi connectivity index (χ0n) is 13.6. The third-order valence-electron chi connectivity index (χ3n) is 4.16. The maximum absolute atomic E-state index is 13.0. The quantitative estimate of drug-likeness (QED) is 0.475. The van der Waals surface area contributed by atoms with E-state index < -0.39 is 0 Å². The molecular formula is C22H17NOSe. The van der Waals surface area contributed by atoms with Gasteiger partial charge in [0.1, 0.15) is 0 Å². The van der Waals surface area contributed by atoms with Crippen molar-refractivity contribution in [1.82, 2.24) is 4.57 Å². The molecular weight excluding hydrogens is 373 g/mol. The summed E-state index contributed by atoms with van der Waals surface area (Å²) in [6, 6.07) is 30.6. The van der Waals surface area contributed by atoms with Crippen molar-refractivity contribution in [3.8, 4) is 0 Å². The van der Waals surface area contributed by atoms with E-state index in [-0.39, 0.29) is 19.6 Å². The molecule has 122 valence electrons. The molecule has 0 aliphatic carbocycles. The Kier molecular flexibility index (Phi) is 4.51. The Labute approximate surface area is 153 Å². The molecule has 1 heterocycles. The van der Waals surface area contributed by atoms with Crippen molar-refractivity contribution >= 4 is 35.0 Å². The standard InChI is InChI=1S/C22H17NOSe/c24-22(25-19-12-5-2-6-13-19)21-15-18-11-7-8-14-20(18)23(21)16-17-9-3-1-4-10-17/h1-15H,16H2. The number of hydrogen-bond donors (Lipinski definition) is 0. The van der Waals surface area contributed by atoms with E-state index in [1.165, 1.54) is 5.56 Å². The number of nitrogens with zero attached hydrogens (tertiary/aromatic N) is 1. The molecule has 0 unspecified atom stereocenters. The Morgan fingerprint density at radius 3 is 2.20 bits per heavy atom. The van der Waals surface area contributed by atoms with Crippen molar-refractivity contribution in [2.24, 2.45) is 0 Å². The topological polar surface area (TPSA) is 22.0 Å². The van der Waals surface area contributed by atoms with Crippen LogP contribution in [0.2, 0.25) is 0 Å². The molecule has 0 fully saturated rings. The van der Waals surface area contributed by atoms with Gasteiger partial charge in [-0.15, -0.1) is 0 Å². The van der Waals surface area contributed by atoms with Gasteiger partial charge in [-0.3, -0.25) is 0 Å². The van der Waals surface area contributed by atoms with E-state index in [9.17, 15) is 4.79 Å². The van der Waals surface area contributed by atoms with Crippen molar-refractivity contribution in [2.75, 3.05) is 0 Å². The first-order chi connectivity index (χ1) is 12.3. The molecule has 0 amide bonds. The molecule has 2 nitrogen and oxygen atoms in total. The summed E-state index contributed by atoms with van der Waals surface area (Å²) >= 11 is -0.218. The number of benzene rings is 3. The van der Waals surface area contributed by atoms with Crippen LogP contribution in [0.3, 0.4) is 0 Å². The van der Waals surface area contributed by atoms with Gasteiger partial charge in [0.2, 0.25) is 0 Å². The van der Waals surface area contributed by atoms with Gasteiger partial charge in [-0.05, 0) is 0 Å². The van der Waals surface area contributed by atoms with Crippen molar-refractivity contribution < 1.29 is 4.79 Å². The van der Waals surface area contributed by atoms with Gasteiger partial charge < -0.3 is 0 Å². The van der Waals surface area contributed by atoms with Crippen LogP contribution in [0.15, 0.2) is 91.0 Å². The van der Waals surface area contributed by atoms with Crippen LogP contribution in [0.5, 0.6) is 0 Å². The average Bonchev–Trinajstić information content (AvgIpc) is 3.02. The van der Waals surface area contributed by atoms with E-state index in [1.807, 2.05) is 66.7 Å². The van der Waals surface area contributed by atoms with Crippen molar-refractivity contribution in [3.05, 3.63) is 102 Å². The van der Waals surface area contributed by atoms with Crippen molar-refractivity contribution in [2.45, 2.75) is 6.54 Å². The summed E-state index contributed by atoms with van der Waals surface area (Å²) in [5.41, 5.74) is 3.11. The first-order valence-corrected chi connectivity index (χ1v) is 9.92. The molecule has 1 aromatic heterocycles. The number of carbonyl (C=O) groups is 1. The summed E-state index contributed by atoms with van der Waals surface area (Å²) in [4.78, 5) is 13.0. The number of aromatic nitrogens is 1. The number of fused-ring (bicyclic) bond motifs is 1. The van der Waals surface area contributed by atoms with Gasteiger partial charge in [-0.1, -0.05) is 0 Å². The number of carbonyl (C=O) groups excluding carboxylic acids is 1. The van der Waals surface area contributed by atoms with E-state index in [1.54, 1.807) is 0 Å². The van der Waals surface area contributed by atoms with Crippen LogP contribution >= 0.6 is 0 Å². The molecule has 4 aromatic rings. The summed E-state index contributed by atoms with van der Waals surface area (Å²) in [6.07, 6.45) is 0. The van der Waals surface area contributed by atoms with Crippen LogP contribution in [0.25, 0.3) is 10.9 Å². The van der Waals surface area contributed by atoms with Crippen LogP contribution < -0.4 is 4.46 Å². The van der Waals surface area contributed by atoms with Gasteiger partial charge in [0.05, 0.1) is 0 Å². The van der Waals surface area contributed by atoms with Crippen LogP contribution in [0.4, 0.5) is 0 Å². The third-order valence-corrected chi connectivity index (χ3v) is 6.05. The molecule has 0 saturated carbocycles. The van der Waals surface area contributed by atoms with E-state index >= 15 is 0 Å². The summed E-state index contributed by atoms with van der Waals surface area (Å²) in [7, 11) is 0. The zero-order chi connectivity index (χ0) is 17.1. The van der Waals surface area contributed by atoms with Crippen LogP contribution in [-0.4, -0.2) is 24.2 Å². The molecule has 0 saturated heterocycles. The Hall–Kier alpha value is -2.61. The van der Waals surface area contributed by atoms with Gasteiger partial charge >= 0.3 is 153 Å². The Bertz CT molecular complexity index is 1010. The molecule has 3 heteroatoms. The Balaban J connectivity index is 1.74. The molecule has 0 N–H and O–H groups in total. The monoisotopic (exact) mass is 391 g/mol.